The molecular formula is C15H13N3O2. The fraction of sp³-hybridized carbons (Fsp3) is 0.0667. The summed E-state index contributed by atoms with van der Waals surface area (Å²) in [5, 5.41) is 9.95. The molecule has 0 saturated carbocycles. The Hall–Kier alpha value is -2.82. The summed E-state index contributed by atoms with van der Waals surface area (Å²) in [5.74, 6) is -0.454. The molecule has 5 heteroatoms. The lowest BCUT2D eigenvalue weighted by Gasteiger charge is -2.10. The molecule has 0 saturated heterocycles. The van der Waals surface area contributed by atoms with Gasteiger partial charge in [-0.15, -0.1) is 0 Å². The molecule has 3 rings (SSSR count). The molecule has 0 fully saturated rings. The van der Waals surface area contributed by atoms with E-state index in [0.717, 1.165) is 22.1 Å². The van der Waals surface area contributed by atoms with Gasteiger partial charge in [0.2, 0.25) is 0 Å². The Bertz CT molecular complexity index is 793. The number of rotatable bonds is 3. The van der Waals surface area contributed by atoms with E-state index in [9.17, 15) is 4.79 Å². The van der Waals surface area contributed by atoms with Crippen molar-refractivity contribution in [2.24, 2.45) is 0 Å². The molecule has 2 heterocycles. The molecular weight excluding hydrogens is 254 g/mol. The normalized spacial score (nSPS) is 10.8. The SMILES string of the molecule is Nc1cc(-c2ccccc2CC(=O)O)c2cc[nH]c2n1. The average molecular weight is 267 g/mol. The number of H-pyrrole nitrogens is 1. The van der Waals surface area contributed by atoms with Crippen LogP contribution in [0.4, 0.5) is 5.82 Å². The van der Waals surface area contributed by atoms with Crippen molar-refractivity contribution in [3.05, 3.63) is 48.2 Å². The van der Waals surface area contributed by atoms with Crippen LogP contribution in [0.15, 0.2) is 42.6 Å². The van der Waals surface area contributed by atoms with Gasteiger partial charge in [0.15, 0.2) is 0 Å². The van der Waals surface area contributed by atoms with Crippen molar-refractivity contribution in [1.82, 2.24) is 9.97 Å². The molecule has 1 aromatic carbocycles. The van der Waals surface area contributed by atoms with Gasteiger partial charge in [0.1, 0.15) is 11.5 Å². The van der Waals surface area contributed by atoms with Crippen LogP contribution in [-0.4, -0.2) is 21.0 Å². The summed E-state index contributed by atoms with van der Waals surface area (Å²) in [5.41, 5.74) is 9.04. The number of hydrogen-bond acceptors (Lipinski definition) is 3. The topological polar surface area (TPSA) is 92.0 Å². The number of pyridine rings is 1. The molecule has 2 aromatic heterocycles. The van der Waals surface area contributed by atoms with Crippen LogP contribution in [0, 0.1) is 0 Å². The number of carboxylic acid groups (broad SMARTS) is 1. The van der Waals surface area contributed by atoms with E-state index >= 15 is 0 Å². The standard InChI is InChI=1S/C15H13N3O2/c16-13-8-12(11-5-6-17-15(11)18-13)10-4-2-1-3-9(10)7-14(19)20/h1-6,8H,7H2,(H,19,20)(H3,16,17,18). The molecule has 4 N–H and O–H groups in total. The molecule has 0 aliphatic carbocycles. The highest BCUT2D eigenvalue weighted by Gasteiger charge is 2.12. The van der Waals surface area contributed by atoms with Crippen molar-refractivity contribution < 1.29 is 9.90 Å². The number of nitrogens with two attached hydrogens (primary N) is 1. The van der Waals surface area contributed by atoms with Crippen LogP contribution < -0.4 is 5.73 Å². The van der Waals surface area contributed by atoms with Crippen molar-refractivity contribution in [2.45, 2.75) is 6.42 Å². The molecule has 20 heavy (non-hydrogen) atoms. The van der Waals surface area contributed by atoms with Gasteiger partial charge in [0, 0.05) is 11.6 Å². The number of carboxylic acids is 1. The number of benzene rings is 1. The molecule has 3 aromatic rings. The Morgan fingerprint density at radius 3 is 2.85 bits per heavy atom. The summed E-state index contributed by atoms with van der Waals surface area (Å²) in [6.45, 7) is 0. The minimum atomic E-state index is -0.857. The minimum Gasteiger partial charge on any atom is -0.481 e. The summed E-state index contributed by atoms with van der Waals surface area (Å²) in [7, 11) is 0. The largest absolute Gasteiger partial charge is 0.481 e. The summed E-state index contributed by atoms with van der Waals surface area (Å²) >= 11 is 0. The van der Waals surface area contributed by atoms with Crippen LogP contribution in [0.5, 0.6) is 0 Å². The zero-order chi connectivity index (χ0) is 14.1. The number of aromatic nitrogens is 2. The van der Waals surface area contributed by atoms with E-state index in [2.05, 4.69) is 9.97 Å². The third-order valence-corrected chi connectivity index (χ3v) is 3.20. The quantitative estimate of drug-likeness (QED) is 0.679. The second-order valence-electron chi connectivity index (χ2n) is 4.56. The molecule has 0 atom stereocenters. The monoisotopic (exact) mass is 267 g/mol. The molecule has 100 valence electrons. The zero-order valence-corrected chi connectivity index (χ0v) is 10.6. The maximum absolute atomic E-state index is 11.0. The fourth-order valence-corrected chi connectivity index (χ4v) is 2.38. The molecule has 0 radical (unpaired) electrons. The van der Waals surface area contributed by atoms with Crippen molar-refractivity contribution in [2.75, 3.05) is 5.73 Å². The van der Waals surface area contributed by atoms with Crippen LogP contribution in [0.3, 0.4) is 0 Å². The molecule has 0 amide bonds. The second-order valence-corrected chi connectivity index (χ2v) is 4.56. The van der Waals surface area contributed by atoms with Crippen LogP contribution in [-0.2, 0) is 11.2 Å². The number of fused-ring (bicyclic) bond motifs is 1. The fourth-order valence-electron chi connectivity index (χ4n) is 2.38. The maximum atomic E-state index is 11.0. The third kappa shape index (κ3) is 2.09. The lowest BCUT2D eigenvalue weighted by atomic mass is 9.96. The first-order valence-corrected chi connectivity index (χ1v) is 6.19. The number of anilines is 1. The van der Waals surface area contributed by atoms with Gasteiger partial charge in [-0.3, -0.25) is 4.79 Å². The highest BCUT2D eigenvalue weighted by molar-refractivity contribution is 5.96. The summed E-state index contributed by atoms with van der Waals surface area (Å²) in [6, 6.07) is 11.1. The van der Waals surface area contributed by atoms with Gasteiger partial charge in [-0.05, 0) is 28.8 Å². The van der Waals surface area contributed by atoms with Crippen LogP contribution in [0.1, 0.15) is 5.56 Å². The van der Waals surface area contributed by atoms with E-state index in [1.54, 1.807) is 12.3 Å². The van der Waals surface area contributed by atoms with Gasteiger partial charge in [-0.1, -0.05) is 24.3 Å². The van der Waals surface area contributed by atoms with Crippen molar-refractivity contribution >= 4 is 22.8 Å². The highest BCUT2D eigenvalue weighted by Crippen LogP contribution is 2.31. The van der Waals surface area contributed by atoms with Gasteiger partial charge in [0.05, 0.1) is 6.42 Å². The van der Waals surface area contributed by atoms with Crippen LogP contribution >= 0.6 is 0 Å². The molecule has 0 spiro atoms. The van der Waals surface area contributed by atoms with Gasteiger partial charge in [0.25, 0.3) is 0 Å². The number of nitrogen functional groups attached to an aromatic ring is 1. The molecule has 0 unspecified atom stereocenters. The first-order valence-electron chi connectivity index (χ1n) is 6.19. The second kappa shape index (κ2) is 4.70. The Morgan fingerprint density at radius 1 is 1.25 bits per heavy atom. The van der Waals surface area contributed by atoms with E-state index in [1.807, 2.05) is 30.3 Å². The number of aromatic amines is 1. The molecule has 0 bridgehead atoms. The highest BCUT2D eigenvalue weighted by atomic mass is 16.4. The predicted octanol–water partition coefficient (Wildman–Crippen LogP) is 2.44. The Morgan fingerprint density at radius 2 is 2.05 bits per heavy atom. The van der Waals surface area contributed by atoms with Crippen LogP contribution in [0.25, 0.3) is 22.2 Å². The van der Waals surface area contributed by atoms with E-state index in [1.165, 1.54) is 0 Å². The van der Waals surface area contributed by atoms with Crippen LogP contribution in [0.2, 0.25) is 0 Å². The molecule has 5 nitrogen and oxygen atoms in total. The van der Waals surface area contributed by atoms with Gasteiger partial charge in [-0.25, -0.2) is 4.98 Å². The van der Waals surface area contributed by atoms with Gasteiger partial charge < -0.3 is 15.8 Å². The Kier molecular flexibility index (Phi) is 2.87. The van der Waals surface area contributed by atoms with E-state index in [0.29, 0.717) is 11.5 Å². The number of carbonyl (C=O) groups is 1. The average Bonchev–Trinajstić information content (AvgIpc) is 2.86. The van der Waals surface area contributed by atoms with Crippen molar-refractivity contribution in [1.29, 1.82) is 0 Å². The zero-order valence-electron chi connectivity index (χ0n) is 10.6. The smallest absolute Gasteiger partial charge is 0.307 e. The van der Waals surface area contributed by atoms with Gasteiger partial charge >= 0.3 is 5.97 Å². The molecule has 0 aliphatic heterocycles. The molecule has 0 aliphatic rings. The summed E-state index contributed by atoms with van der Waals surface area (Å²) < 4.78 is 0. The Labute approximate surface area is 115 Å². The Balaban J connectivity index is 2.25. The van der Waals surface area contributed by atoms with Gasteiger partial charge in [-0.2, -0.15) is 0 Å². The summed E-state index contributed by atoms with van der Waals surface area (Å²) in [4.78, 5) is 18.2. The van der Waals surface area contributed by atoms with E-state index in [4.69, 9.17) is 10.8 Å². The lowest BCUT2D eigenvalue weighted by Crippen LogP contribution is -2.02. The third-order valence-electron chi connectivity index (χ3n) is 3.20. The maximum Gasteiger partial charge on any atom is 0.307 e. The summed E-state index contributed by atoms with van der Waals surface area (Å²) in [6.07, 6.45) is 1.77. The van der Waals surface area contributed by atoms with Crippen molar-refractivity contribution in [3.8, 4) is 11.1 Å². The lowest BCUT2D eigenvalue weighted by molar-refractivity contribution is -0.136. The van der Waals surface area contributed by atoms with Crippen molar-refractivity contribution in [3.63, 3.8) is 0 Å². The minimum absolute atomic E-state index is 0.0235. The first kappa shape index (κ1) is 12.2. The number of hydrogen-bond donors (Lipinski definition) is 3. The number of nitrogens with zero attached hydrogens (tertiary/aromatic N) is 1. The van der Waals surface area contributed by atoms with E-state index in [-0.39, 0.29) is 6.42 Å². The number of nitrogens with one attached hydrogen (secondary N) is 1. The predicted molar refractivity (Wildman–Crippen MR) is 77.3 cm³/mol. The van der Waals surface area contributed by atoms with E-state index < -0.39 is 5.97 Å². The first-order chi connectivity index (χ1) is 9.65. The number of aliphatic carboxylic acids is 1.